The number of hydrogen-bond acceptors (Lipinski definition) is 1. The lowest BCUT2D eigenvalue weighted by Gasteiger charge is -2.27. The van der Waals surface area contributed by atoms with Crippen molar-refractivity contribution in [2.75, 3.05) is 7.05 Å². The Morgan fingerprint density at radius 3 is 1.64 bits per heavy atom. The van der Waals surface area contributed by atoms with Crippen molar-refractivity contribution in [2.24, 2.45) is 0 Å². The highest BCUT2D eigenvalue weighted by molar-refractivity contribution is 5.89. The average molecular weight is 399 g/mol. The van der Waals surface area contributed by atoms with Crippen molar-refractivity contribution < 1.29 is 26.3 Å². The van der Waals surface area contributed by atoms with Crippen LogP contribution in [0.3, 0.4) is 0 Å². The molecule has 0 atom stereocenters. The molecule has 0 aliphatic heterocycles. The molecule has 0 aliphatic rings. The number of nitrogens with zero attached hydrogens (tertiary/aromatic N) is 1. The number of alkyl halides is 6. The average Bonchev–Trinajstić information content (AvgIpc) is 2.60. The molecule has 0 saturated carbocycles. The highest BCUT2D eigenvalue weighted by atomic mass is 19.4. The van der Waals surface area contributed by atoms with Gasteiger partial charge in [-0.25, -0.2) is 0 Å². The quantitative estimate of drug-likeness (QED) is 0.392. The Morgan fingerprint density at radius 1 is 0.786 bits per heavy atom. The van der Waals surface area contributed by atoms with Gasteiger partial charge < -0.3 is 4.90 Å². The molecule has 2 aromatic rings. The van der Waals surface area contributed by atoms with Crippen molar-refractivity contribution in [2.45, 2.75) is 26.2 Å². The van der Waals surface area contributed by atoms with E-state index in [0.717, 1.165) is 12.1 Å². The van der Waals surface area contributed by atoms with Crippen molar-refractivity contribution in [3.05, 3.63) is 83.1 Å². The summed E-state index contributed by atoms with van der Waals surface area (Å²) < 4.78 is 79.6. The van der Waals surface area contributed by atoms with Gasteiger partial charge in [0, 0.05) is 12.7 Å². The standard InChI is InChI=1S/C21H19F6N/c1-13(2)28(4)19(14(3)15-8-6-5-7-9-15)16-10-17(20(22,23)24)12-18(11-16)21(25,26)27/h5-12H,1H2,2-4H3/b19-14+. The lowest BCUT2D eigenvalue weighted by molar-refractivity contribution is -0.143. The summed E-state index contributed by atoms with van der Waals surface area (Å²) in [6.07, 6.45) is -9.83. The third-order valence-electron chi connectivity index (χ3n) is 4.33. The first-order valence-corrected chi connectivity index (χ1v) is 8.27. The van der Waals surface area contributed by atoms with Gasteiger partial charge in [-0.1, -0.05) is 36.9 Å². The molecule has 7 heteroatoms. The Balaban J connectivity index is 2.85. The van der Waals surface area contributed by atoms with Crippen LogP contribution in [0.4, 0.5) is 26.3 Å². The number of allylic oxidation sites excluding steroid dienone is 2. The second-order valence-electron chi connectivity index (χ2n) is 6.43. The Labute approximate surface area is 159 Å². The van der Waals surface area contributed by atoms with E-state index in [1.54, 1.807) is 51.2 Å². The Kier molecular flexibility index (Phi) is 5.97. The van der Waals surface area contributed by atoms with E-state index in [1.165, 1.54) is 4.90 Å². The molecular formula is C21H19F6N. The van der Waals surface area contributed by atoms with E-state index in [2.05, 4.69) is 6.58 Å². The van der Waals surface area contributed by atoms with Crippen LogP contribution in [-0.4, -0.2) is 11.9 Å². The van der Waals surface area contributed by atoms with E-state index in [-0.39, 0.29) is 17.3 Å². The van der Waals surface area contributed by atoms with Crippen LogP contribution < -0.4 is 0 Å². The smallest absolute Gasteiger partial charge is 0.348 e. The molecule has 0 spiro atoms. The molecule has 0 aliphatic carbocycles. The van der Waals surface area contributed by atoms with Crippen LogP contribution in [0.5, 0.6) is 0 Å². The molecule has 1 nitrogen and oxygen atoms in total. The summed E-state index contributed by atoms with van der Waals surface area (Å²) in [5.74, 6) is 0. The van der Waals surface area contributed by atoms with Gasteiger partial charge in [0.2, 0.25) is 0 Å². The van der Waals surface area contributed by atoms with Gasteiger partial charge in [-0.05, 0) is 48.7 Å². The van der Waals surface area contributed by atoms with Crippen LogP contribution in [-0.2, 0) is 12.4 Å². The molecule has 2 aromatic carbocycles. The van der Waals surface area contributed by atoms with Crippen molar-refractivity contribution in [3.63, 3.8) is 0 Å². The molecule has 0 heterocycles. The monoisotopic (exact) mass is 399 g/mol. The van der Waals surface area contributed by atoms with Crippen LogP contribution in [0.15, 0.2) is 60.8 Å². The van der Waals surface area contributed by atoms with Crippen LogP contribution in [0.25, 0.3) is 11.3 Å². The first kappa shape index (κ1) is 21.6. The number of benzene rings is 2. The second-order valence-corrected chi connectivity index (χ2v) is 6.43. The minimum Gasteiger partial charge on any atom is -0.348 e. The second kappa shape index (κ2) is 7.73. The summed E-state index contributed by atoms with van der Waals surface area (Å²) in [6, 6.07) is 10.3. The summed E-state index contributed by atoms with van der Waals surface area (Å²) in [4.78, 5) is 1.48. The highest BCUT2D eigenvalue weighted by Gasteiger charge is 2.37. The van der Waals surface area contributed by atoms with Gasteiger partial charge in [-0.3, -0.25) is 0 Å². The van der Waals surface area contributed by atoms with Crippen molar-refractivity contribution in [1.82, 2.24) is 4.90 Å². The van der Waals surface area contributed by atoms with Crippen LogP contribution in [0, 0.1) is 0 Å². The molecule has 0 aromatic heterocycles. The van der Waals surface area contributed by atoms with Gasteiger partial charge in [0.25, 0.3) is 0 Å². The van der Waals surface area contributed by atoms with Crippen LogP contribution >= 0.6 is 0 Å². The largest absolute Gasteiger partial charge is 0.416 e. The fourth-order valence-electron chi connectivity index (χ4n) is 2.77. The molecule has 0 bridgehead atoms. The Bertz CT molecular complexity index is 859. The molecule has 0 radical (unpaired) electrons. The van der Waals surface area contributed by atoms with E-state index in [4.69, 9.17) is 0 Å². The molecule has 0 unspecified atom stereocenters. The number of halogens is 6. The molecule has 150 valence electrons. The summed E-state index contributed by atoms with van der Waals surface area (Å²) in [6.45, 7) is 7.04. The molecule has 0 fully saturated rings. The number of rotatable bonds is 4. The van der Waals surface area contributed by atoms with Crippen molar-refractivity contribution in [3.8, 4) is 0 Å². The topological polar surface area (TPSA) is 3.24 Å². The molecular weight excluding hydrogens is 380 g/mol. The zero-order valence-corrected chi connectivity index (χ0v) is 15.5. The summed E-state index contributed by atoms with van der Waals surface area (Å²) in [5, 5.41) is 0. The van der Waals surface area contributed by atoms with E-state index < -0.39 is 23.5 Å². The van der Waals surface area contributed by atoms with Crippen LogP contribution in [0.1, 0.15) is 36.1 Å². The molecule has 0 amide bonds. The van der Waals surface area contributed by atoms with Gasteiger partial charge >= 0.3 is 12.4 Å². The lowest BCUT2D eigenvalue weighted by atomic mass is 9.96. The minimum atomic E-state index is -4.91. The van der Waals surface area contributed by atoms with Gasteiger partial charge in [-0.2, -0.15) is 26.3 Å². The highest BCUT2D eigenvalue weighted by Crippen LogP contribution is 2.39. The first-order chi connectivity index (χ1) is 12.8. The predicted molar refractivity (Wildman–Crippen MR) is 98.0 cm³/mol. The summed E-state index contributed by atoms with van der Waals surface area (Å²) in [5.41, 5.74) is -1.01. The molecule has 0 saturated heterocycles. The van der Waals surface area contributed by atoms with E-state index in [0.29, 0.717) is 16.8 Å². The zero-order valence-electron chi connectivity index (χ0n) is 15.5. The van der Waals surface area contributed by atoms with E-state index in [9.17, 15) is 26.3 Å². The molecule has 0 N–H and O–H groups in total. The van der Waals surface area contributed by atoms with Gasteiger partial charge in [-0.15, -0.1) is 0 Å². The Morgan fingerprint density at radius 2 is 1.25 bits per heavy atom. The van der Waals surface area contributed by atoms with Gasteiger partial charge in [0.05, 0.1) is 16.8 Å². The first-order valence-electron chi connectivity index (χ1n) is 8.27. The summed E-state index contributed by atoms with van der Waals surface area (Å²) >= 11 is 0. The lowest BCUT2D eigenvalue weighted by Crippen LogP contribution is -2.18. The van der Waals surface area contributed by atoms with Crippen LogP contribution in [0.2, 0.25) is 0 Å². The SMILES string of the molecule is C=C(C)N(C)/C(=C(\C)c1ccccc1)c1cc(C(F)(F)F)cc(C(F)(F)F)c1. The van der Waals surface area contributed by atoms with E-state index >= 15 is 0 Å². The fourth-order valence-corrected chi connectivity index (χ4v) is 2.77. The van der Waals surface area contributed by atoms with E-state index in [1.807, 2.05) is 0 Å². The summed E-state index contributed by atoms with van der Waals surface area (Å²) in [7, 11) is 1.55. The maximum Gasteiger partial charge on any atom is 0.416 e. The third kappa shape index (κ3) is 4.77. The zero-order chi connectivity index (χ0) is 21.3. The minimum absolute atomic E-state index is 0.125. The Hall–Kier alpha value is -2.70. The van der Waals surface area contributed by atoms with Gasteiger partial charge in [0.1, 0.15) is 0 Å². The normalized spacial score (nSPS) is 13.2. The van der Waals surface area contributed by atoms with Gasteiger partial charge in [0.15, 0.2) is 0 Å². The maximum absolute atomic E-state index is 13.3. The van der Waals surface area contributed by atoms with Crippen molar-refractivity contribution in [1.29, 1.82) is 0 Å². The van der Waals surface area contributed by atoms with Crippen molar-refractivity contribution >= 4 is 11.3 Å². The maximum atomic E-state index is 13.3. The molecule has 28 heavy (non-hydrogen) atoms. The fraction of sp³-hybridized carbons (Fsp3) is 0.238. The third-order valence-corrected chi connectivity index (χ3v) is 4.33. The number of hydrogen-bond donors (Lipinski definition) is 0. The predicted octanol–water partition coefficient (Wildman–Crippen LogP) is 7.08. The molecule has 2 rings (SSSR count).